The van der Waals surface area contributed by atoms with Crippen LogP contribution in [0.1, 0.15) is 27.9 Å². The Labute approximate surface area is 176 Å². The van der Waals surface area contributed by atoms with Crippen LogP contribution >= 0.6 is 23.2 Å². The molecule has 1 aliphatic heterocycles. The monoisotopic (exact) mass is 445 g/mol. The molecule has 4 nitrogen and oxygen atoms in total. The van der Waals surface area contributed by atoms with Crippen LogP contribution in [0.4, 0.5) is 18.9 Å². The number of carbonyl (C=O) groups is 1. The molecule has 3 N–H and O–H groups in total. The van der Waals surface area contributed by atoms with Gasteiger partial charge in [-0.1, -0.05) is 29.3 Å². The van der Waals surface area contributed by atoms with Crippen LogP contribution < -0.4 is 16.0 Å². The van der Waals surface area contributed by atoms with Gasteiger partial charge in [0, 0.05) is 11.6 Å². The Morgan fingerprint density at radius 2 is 1.97 bits per heavy atom. The van der Waals surface area contributed by atoms with Crippen LogP contribution in [0.25, 0.3) is 0 Å². The molecule has 1 aliphatic rings. The summed E-state index contributed by atoms with van der Waals surface area (Å²) in [6.07, 6.45) is -3.56. The Bertz CT molecular complexity index is 884. The highest BCUT2D eigenvalue weighted by molar-refractivity contribution is 6.34. The lowest BCUT2D eigenvalue weighted by molar-refractivity contribution is -0.137. The Kier molecular flexibility index (Phi) is 7.05. The summed E-state index contributed by atoms with van der Waals surface area (Å²) >= 11 is 11.9. The van der Waals surface area contributed by atoms with Gasteiger partial charge in [-0.3, -0.25) is 4.79 Å². The molecular formula is C20H20Cl2F3N3O. The molecule has 2 aromatic rings. The lowest BCUT2D eigenvalue weighted by atomic mass is 10.1. The molecule has 29 heavy (non-hydrogen) atoms. The van der Waals surface area contributed by atoms with Crippen LogP contribution in [-0.2, 0) is 12.7 Å². The SMILES string of the molecule is O=C(Nc1ccc(CNCC2CCNC2)cc1Cl)c1ccc(Cl)cc1C(F)(F)F. The summed E-state index contributed by atoms with van der Waals surface area (Å²) in [6.45, 7) is 3.54. The van der Waals surface area contributed by atoms with E-state index in [4.69, 9.17) is 23.2 Å². The van der Waals surface area contributed by atoms with E-state index in [-0.39, 0.29) is 15.7 Å². The van der Waals surface area contributed by atoms with Crippen molar-refractivity contribution in [3.63, 3.8) is 0 Å². The van der Waals surface area contributed by atoms with Crippen molar-refractivity contribution in [1.82, 2.24) is 10.6 Å². The Hall–Kier alpha value is -1.80. The fourth-order valence-electron chi connectivity index (χ4n) is 3.22. The van der Waals surface area contributed by atoms with E-state index in [1.54, 1.807) is 18.2 Å². The van der Waals surface area contributed by atoms with Crippen molar-refractivity contribution >= 4 is 34.8 Å². The molecule has 1 atom stereocenters. The van der Waals surface area contributed by atoms with Crippen molar-refractivity contribution in [3.05, 3.63) is 63.1 Å². The summed E-state index contributed by atoms with van der Waals surface area (Å²) in [7, 11) is 0. The van der Waals surface area contributed by atoms with E-state index < -0.39 is 23.2 Å². The third-order valence-corrected chi connectivity index (χ3v) is 5.29. The second kappa shape index (κ2) is 9.34. The minimum Gasteiger partial charge on any atom is -0.321 e. The quantitative estimate of drug-likeness (QED) is 0.588. The van der Waals surface area contributed by atoms with E-state index >= 15 is 0 Å². The number of alkyl halides is 3. The normalized spacial score (nSPS) is 16.8. The van der Waals surface area contributed by atoms with Crippen LogP contribution in [0.2, 0.25) is 10.0 Å². The lowest BCUT2D eigenvalue weighted by Crippen LogP contribution is -2.24. The molecular weight excluding hydrogens is 426 g/mol. The Morgan fingerprint density at radius 1 is 1.17 bits per heavy atom. The largest absolute Gasteiger partial charge is 0.417 e. The second-order valence-electron chi connectivity index (χ2n) is 6.95. The Balaban J connectivity index is 1.66. The molecule has 1 unspecified atom stereocenters. The number of anilines is 1. The summed E-state index contributed by atoms with van der Waals surface area (Å²) in [5.41, 5.74) is -0.459. The first kappa shape index (κ1) is 21.9. The number of benzene rings is 2. The van der Waals surface area contributed by atoms with Crippen molar-refractivity contribution in [1.29, 1.82) is 0 Å². The summed E-state index contributed by atoms with van der Waals surface area (Å²) < 4.78 is 39.6. The average Bonchev–Trinajstić information content (AvgIpc) is 3.16. The highest BCUT2D eigenvalue weighted by Crippen LogP contribution is 2.34. The second-order valence-corrected chi connectivity index (χ2v) is 7.79. The minimum absolute atomic E-state index is 0.0999. The fraction of sp³-hybridized carbons (Fsp3) is 0.350. The lowest BCUT2D eigenvalue weighted by Gasteiger charge is -2.15. The number of carbonyl (C=O) groups excluding carboxylic acids is 1. The molecule has 3 rings (SSSR count). The van der Waals surface area contributed by atoms with Gasteiger partial charge in [-0.25, -0.2) is 0 Å². The Morgan fingerprint density at radius 3 is 2.62 bits per heavy atom. The average molecular weight is 446 g/mol. The van der Waals surface area contributed by atoms with E-state index in [9.17, 15) is 18.0 Å². The first-order valence-electron chi connectivity index (χ1n) is 9.12. The molecule has 9 heteroatoms. The minimum atomic E-state index is -4.70. The standard InChI is InChI=1S/C20H20Cl2F3N3O/c21-14-2-3-15(16(8-14)20(23,24)25)19(29)28-18-4-1-12(7-17(18)22)9-27-11-13-5-6-26-10-13/h1-4,7-8,13,26-27H,5-6,9-11H2,(H,28,29). The zero-order chi connectivity index (χ0) is 21.0. The van der Waals surface area contributed by atoms with E-state index in [0.717, 1.165) is 43.8 Å². The summed E-state index contributed by atoms with van der Waals surface area (Å²) in [6, 6.07) is 8.05. The zero-order valence-corrected chi connectivity index (χ0v) is 16.9. The van der Waals surface area contributed by atoms with Crippen molar-refractivity contribution in [3.8, 4) is 0 Å². The van der Waals surface area contributed by atoms with Crippen LogP contribution in [0, 0.1) is 5.92 Å². The third-order valence-electron chi connectivity index (χ3n) is 4.74. The highest BCUT2D eigenvalue weighted by atomic mass is 35.5. The molecule has 1 fully saturated rings. The van der Waals surface area contributed by atoms with E-state index in [2.05, 4.69) is 16.0 Å². The van der Waals surface area contributed by atoms with Gasteiger partial charge in [-0.15, -0.1) is 0 Å². The summed E-state index contributed by atoms with van der Waals surface area (Å²) in [5.74, 6) is -0.304. The molecule has 1 heterocycles. The molecule has 0 saturated carbocycles. The van der Waals surface area contributed by atoms with Crippen molar-refractivity contribution in [2.75, 3.05) is 25.0 Å². The van der Waals surface area contributed by atoms with Gasteiger partial charge >= 0.3 is 6.18 Å². The van der Waals surface area contributed by atoms with Gasteiger partial charge in [0.05, 0.1) is 21.8 Å². The maximum atomic E-state index is 13.2. The van der Waals surface area contributed by atoms with Crippen molar-refractivity contribution in [2.45, 2.75) is 19.1 Å². The molecule has 156 valence electrons. The molecule has 2 aromatic carbocycles. The number of amides is 1. The predicted molar refractivity (Wildman–Crippen MR) is 109 cm³/mol. The molecule has 0 bridgehead atoms. The molecule has 0 radical (unpaired) electrons. The number of hydrogen-bond donors (Lipinski definition) is 3. The van der Waals surface area contributed by atoms with E-state index in [0.29, 0.717) is 12.5 Å². The van der Waals surface area contributed by atoms with Crippen molar-refractivity contribution < 1.29 is 18.0 Å². The van der Waals surface area contributed by atoms with Gasteiger partial charge in [-0.05, 0) is 67.9 Å². The maximum absolute atomic E-state index is 13.2. The molecule has 0 aliphatic carbocycles. The van der Waals surface area contributed by atoms with Crippen molar-refractivity contribution in [2.24, 2.45) is 5.92 Å². The van der Waals surface area contributed by atoms with Crippen LogP contribution in [0.3, 0.4) is 0 Å². The van der Waals surface area contributed by atoms with Crippen LogP contribution in [0.5, 0.6) is 0 Å². The smallest absolute Gasteiger partial charge is 0.321 e. The number of nitrogens with one attached hydrogen (secondary N) is 3. The van der Waals surface area contributed by atoms with Gasteiger partial charge in [0.2, 0.25) is 0 Å². The van der Waals surface area contributed by atoms with Crippen LogP contribution in [0.15, 0.2) is 36.4 Å². The number of rotatable bonds is 6. The topological polar surface area (TPSA) is 53.2 Å². The number of halogens is 5. The van der Waals surface area contributed by atoms with E-state index in [1.165, 1.54) is 6.07 Å². The summed E-state index contributed by atoms with van der Waals surface area (Å²) in [5, 5.41) is 9.27. The maximum Gasteiger partial charge on any atom is 0.417 e. The molecule has 0 aromatic heterocycles. The van der Waals surface area contributed by atoms with Gasteiger partial charge in [0.15, 0.2) is 0 Å². The van der Waals surface area contributed by atoms with E-state index in [1.807, 2.05) is 0 Å². The molecule has 1 amide bonds. The fourth-order valence-corrected chi connectivity index (χ4v) is 3.64. The predicted octanol–water partition coefficient (Wildman–Crippen LogP) is 4.96. The molecule has 1 saturated heterocycles. The first-order chi connectivity index (χ1) is 13.7. The van der Waals surface area contributed by atoms with Gasteiger partial charge in [-0.2, -0.15) is 13.2 Å². The number of hydrogen-bond acceptors (Lipinski definition) is 3. The third kappa shape index (κ3) is 5.85. The van der Waals surface area contributed by atoms with Gasteiger partial charge < -0.3 is 16.0 Å². The highest BCUT2D eigenvalue weighted by Gasteiger charge is 2.35. The zero-order valence-electron chi connectivity index (χ0n) is 15.4. The summed E-state index contributed by atoms with van der Waals surface area (Å²) in [4.78, 5) is 12.4. The van der Waals surface area contributed by atoms with Gasteiger partial charge in [0.1, 0.15) is 0 Å². The van der Waals surface area contributed by atoms with Crippen LogP contribution in [-0.4, -0.2) is 25.5 Å². The molecule has 0 spiro atoms. The van der Waals surface area contributed by atoms with Gasteiger partial charge in [0.25, 0.3) is 5.91 Å². The first-order valence-corrected chi connectivity index (χ1v) is 9.87.